The van der Waals surface area contributed by atoms with Crippen molar-refractivity contribution >= 4 is 17.6 Å². The standard InChI is InChI=1S/C26H35N7O3/c1-3-23(35)33-12-11-32(15-18(33)7-9-27)24-20-6-8-26(14-22(34)28-17-26)13-21(20)29-25(30-24)36-16-19-5-4-10-31(19)2/h3,18-19H,1,4-8,10-17H2,2H3,(H,28,34). The van der Waals surface area contributed by atoms with Crippen LogP contribution in [0.1, 0.15) is 43.4 Å². The molecule has 5 rings (SSSR count). The third-order valence-corrected chi connectivity index (χ3v) is 8.34. The molecule has 1 aromatic rings. The SMILES string of the molecule is C=CC(=O)N1CCN(c2nc(OCC3CCCN3C)nc3c2CCC2(CNC(=O)C2)C3)CC1CC#N. The largest absolute Gasteiger partial charge is 0.462 e. The van der Waals surface area contributed by atoms with E-state index in [1.165, 1.54) is 12.5 Å². The van der Waals surface area contributed by atoms with Gasteiger partial charge in [0.1, 0.15) is 12.4 Å². The van der Waals surface area contributed by atoms with Crippen LogP contribution in [0.5, 0.6) is 6.01 Å². The molecule has 4 heterocycles. The second-order valence-corrected chi connectivity index (χ2v) is 10.7. The summed E-state index contributed by atoms with van der Waals surface area (Å²) in [6, 6.07) is 2.72. The Hall–Kier alpha value is -3.19. The van der Waals surface area contributed by atoms with Crippen LogP contribution in [0.4, 0.5) is 5.82 Å². The van der Waals surface area contributed by atoms with Crippen LogP contribution in [0.25, 0.3) is 0 Å². The molecular weight excluding hydrogens is 458 g/mol. The molecule has 3 atom stereocenters. The van der Waals surface area contributed by atoms with Crippen molar-refractivity contribution in [3.63, 3.8) is 0 Å². The topological polar surface area (TPSA) is 115 Å². The van der Waals surface area contributed by atoms with Crippen LogP contribution in [0.15, 0.2) is 12.7 Å². The number of ether oxygens (including phenoxy) is 1. The number of aromatic nitrogens is 2. The first kappa shape index (κ1) is 24.5. The average Bonchev–Trinajstić information content (AvgIpc) is 3.46. The van der Waals surface area contributed by atoms with Crippen molar-refractivity contribution in [2.75, 3.05) is 51.3 Å². The van der Waals surface area contributed by atoms with Gasteiger partial charge in [-0.1, -0.05) is 6.58 Å². The van der Waals surface area contributed by atoms with Crippen LogP contribution in [-0.2, 0) is 22.4 Å². The highest BCUT2D eigenvalue weighted by Crippen LogP contribution is 2.43. The Labute approximate surface area is 212 Å². The first-order valence-electron chi connectivity index (χ1n) is 13.0. The summed E-state index contributed by atoms with van der Waals surface area (Å²) in [5, 5.41) is 12.4. The van der Waals surface area contributed by atoms with Gasteiger partial charge in [-0.3, -0.25) is 9.59 Å². The van der Waals surface area contributed by atoms with Gasteiger partial charge in [-0.15, -0.1) is 0 Å². The van der Waals surface area contributed by atoms with E-state index in [1.807, 2.05) is 0 Å². The molecule has 0 aromatic carbocycles. The summed E-state index contributed by atoms with van der Waals surface area (Å²) in [4.78, 5) is 40.4. The molecule has 10 heteroatoms. The highest BCUT2D eigenvalue weighted by atomic mass is 16.5. The number of amides is 2. The van der Waals surface area contributed by atoms with Crippen LogP contribution in [0.3, 0.4) is 0 Å². The summed E-state index contributed by atoms with van der Waals surface area (Å²) >= 11 is 0. The van der Waals surface area contributed by atoms with Crippen LogP contribution in [0, 0.1) is 16.7 Å². The molecule has 4 aliphatic rings. The molecule has 1 aromatic heterocycles. The second kappa shape index (κ2) is 10.1. The number of hydrogen-bond acceptors (Lipinski definition) is 8. The summed E-state index contributed by atoms with van der Waals surface area (Å²) in [5.41, 5.74) is 1.96. The molecule has 3 saturated heterocycles. The third-order valence-electron chi connectivity index (χ3n) is 8.34. The average molecular weight is 494 g/mol. The third kappa shape index (κ3) is 4.76. The van der Waals surface area contributed by atoms with Gasteiger partial charge in [0.2, 0.25) is 11.8 Å². The zero-order valence-electron chi connectivity index (χ0n) is 21.0. The van der Waals surface area contributed by atoms with Crippen LogP contribution in [-0.4, -0.2) is 90.0 Å². The molecule has 0 saturated carbocycles. The Kier molecular flexibility index (Phi) is 6.84. The summed E-state index contributed by atoms with van der Waals surface area (Å²) in [7, 11) is 2.12. The number of fused-ring (bicyclic) bond motifs is 1. The molecule has 2 amide bonds. The molecule has 0 bridgehead atoms. The second-order valence-electron chi connectivity index (χ2n) is 10.7. The van der Waals surface area contributed by atoms with Crippen molar-refractivity contribution in [1.82, 2.24) is 25.1 Å². The smallest absolute Gasteiger partial charge is 0.318 e. The number of anilines is 1. The van der Waals surface area contributed by atoms with Gasteiger partial charge in [-0.25, -0.2) is 0 Å². The van der Waals surface area contributed by atoms with Crippen molar-refractivity contribution in [3.8, 4) is 12.1 Å². The lowest BCUT2D eigenvalue weighted by Crippen LogP contribution is -2.55. The van der Waals surface area contributed by atoms with Gasteiger partial charge in [-0.2, -0.15) is 15.2 Å². The lowest BCUT2D eigenvalue weighted by molar-refractivity contribution is -0.128. The maximum atomic E-state index is 12.4. The summed E-state index contributed by atoms with van der Waals surface area (Å²) < 4.78 is 6.18. The number of piperazine rings is 1. The van der Waals surface area contributed by atoms with E-state index in [2.05, 4.69) is 34.8 Å². The molecule has 1 aliphatic carbocycles. The first-order valence-corrected chi connectivity index (χ1v) is 13.0. The van der Waals surface area contributed by atoms with Crippen LogP contribution in [0.2, 0.25) is 0 Å². The van der Waals surface area contributed by atoms with Crippen molar-refractivity contribution in [1.29, 1.82) is 5.26 Å². The van der Waals surface area contributed by atoms with Gasteiger partial charge in [0.05, 0.1) is 24.2 Å². The number of nitriles is 1. The monoisotopic (exact) mass is 493 g/mol. The minimum Gasteiger partial charge on any atom is -0.462 e. The van der Waals surface area contributed by atoms with E-state index in [0.29, 0.717) is 57.7 Å². The zero-order valence-corrected chi connectivity index (χ0v) is 21.0. The minimum atomic E-state index is -0.233. The molecule has 36 heavy (non-hydrogen) atoms. The van der Waals surface area contributed by atoms with Crippen LogP contribution < -0.4 is 15.0 Å². The highest BCUT2D eigenvalue weighted by Gasteiger charge is 2.43. The van der Waals surface area contributed by atoms with E-state index in [-0.39, 0.29) is 29.7 Å². The fourth-order valence-corrected chi connectivity index (χ4v) is 6.21. The number of rotatable bonds is 6. The highest BCUT2D eigenvalue weighted by molar-refractivity contribution is 5.87. The molecule has 1 N–H and O–H groups in total. The van der Waals surface area contributed by atoms with Crippen molar-refractivity contribution in [3.05, 3.63) is 23.9 Å². The Morgan fingerprint density at radius 3 is 2.86 bits per heavy atom. The predicted octanol–water partition coefficient (Wildman–Crippen LogP) is 1.06. The minimum absolute atomic E-state index is 0.100. The number of carbonyl (C=O) groups excluding carboxylic acids is 2. The molecule has 0 radical (unpaired) electrons. The number of likely N-dealkylation sites (N-methyl/N-ethyl adjacent to an activating group) is 1. The van der Waals surface area contributed by atoms with Gasteiger partial charge in [0.25, 0.3) is 0 Å². The number of hydrogen-bond donors (Lipinski definition) is 1. The van der Waals surface area contributed by atoms with E-state index >= 15 is 0 Å². The summed E-state index contributed by atoms with van der Waals surface area (Å²) in [6.07, 6.45) is 6.76. The molecule has 192 valence electrons. The van der Waals surface area contributed by atoms with Crippen molar-refractivity contribution in [2.24, 2.45) is 5.41 Å². The molecule has 3 aliphatic heterocycles. The molecule has 10 nitrogen and oxygen atoms in total. The number of likely N-dealkylation sites (tertiary alicyclic amines) is 1. The van der Waals surface area contributed by atoms with Crippen LogP contribution >= 0.6 is 0 Å². The lowest BCUT2D eigenvalue weighted by Gasteiger charge is -2.42. The predicted molar refractivity (Wildman–Crippen MR) is 133 cm³/mol. The molecule has 3 unspecified atom stereocenters. The molecule has 1 spiro atoms. The normalized spacial score (nSPS) is 28.1. The fraction of sp³-hybridized carbons (Fsp3) is 0.654. The Morgan fingerprint density at radius 1 is 1.31 bits per heavy atom. The molecular formula is C26H35N7O3. The van der Waals surface area contributed by atoms with E-state index in [0.717, 1.165) is 42.9 Å². The number of nitrogens with zero attached hydrogens (tertiary/aromatic N) is 6. The maximum absolute atomic E-state index is 12.4. The number of carbonyl (C=O) groups is 2. The number of nitrogens with one attached hydrogen (secondary N) is 1. The zero-order chi connectivity index (χ0) is 25.3. The molecule has 3 fully saturated rings. The quantitative estimate of drug-likeness (QED) is 0.585. The fourth-order valence-electron chi connectivity index (χ4n) is 6.21. The van der Waals surface area contributed by atoms with E-state index in [1.54, 1.807) is 4.90 Å². The van der Waals surface area contributed by atoms with Gasteiger partial charge in [0, 0.05) is 49.6 Å². The lowest BCUT2D eigenvalue weighted by atomic mass is 9.72. The Bertz CT molecular complexity index is 1090. The Morgan fingerprint density at radius 2 is 2.17 bits per heavy atom. The van der Waals surface area contributed by atoms with E-state index < -0.39 is 0 Å². The van der Waals surface area contributed by atoms with Crippen molar-refractivity contribution in [2.45, 2.75) is 57.0 Å². The van der Waals surface area contributed by atoms with Gasteiger partial charge < -0.3 is 24.8 Å². The first-order chi connectivity index (χ1) is 17.4. The van der Waals surface area contributed by atoms with E-state index in [4.69, 9.17) is 14.7 Å². The van der Waals surface area contributed by atoms with Gasteiger partial charge in [-0.05, 0) is 51.8 Å². The summed E-state index contributed by atoms with van der Waals surface area (Å²) in [6.45, 7) is 7.54. The summed E-state index contributed by atoms with van der Waals surface area (Å²) in [5.74, 6) is 0.802. The van der Waals surface area contributed by atoms with Crippen molar-refractivity contribution < 1.29 is 14.3 Å². The maximum Gasteiger partial charge on any atom is 0.318 e. The van der Waals surface area contributed by atoms with Gasteiger partial charge >= 0.3 is 6.01 Å². The Balaban J connectivity index is 1.44. The van der Waals surface area contributed by atoms with Gasteiger partial charge in [0.15, 0.2) is 0 Å². The van der Waals surface area contributed by atoms with E-state index in [9.17, 15) is 14.9 Å².